The number of likely N-dealkylation sites (tertiary alicyclic amines) is 2. The van der Waals surface area contributed by atoms with Crippen LogP contribution in [0.5, 0.6) is 0 Å². The van der Waals surface area contributed by atoms with Crippen molar-refractivity contribution < 1.29 is 41.0 Å². The molecule has 0 spiro atoms. The highest BCUT2D eigenvalue weighted by Gasteiger charge is 2.46. The second-order valence-electron chi connectivity index (χ2n) is 12.2. The molecule has 1 atom stereocenters. The van der Waals surface area contributed by atoms with Crippen molar-refractivity contribution in [2.24, 2.45) is 0 Å². The molecule has 0 bridgehead atoms. The molecule has 14 heteroatoms. The molecule has 2 aliphatic heterocycles. The van der Waals surface area contributed by atoms with Gasteiger partial charge in [0.2, 0.25) is 5.91 Å². The van der Waals surface area contributed by atoms with Crippen molar-refractivity contribution in [3.63, 3.8) is 0 Å². The lowest BCUT2D eigenvalue weighted by Gasteiger charge is -2.47. The second kappa shape index (κ2) is 14.7. The van der Waals surface area contributed by atoms with E-state index in [1.807, 2.05) is 0 Å². The van der Waals surface area contributed by atoms with E-state index in [0.29, 0.717) is 61.1 Å². The zero-order valence-corrected chi connectivity index (χ0v) is 26.9. The van der Waals surface area contributed by atoms with Gasteiger partial charge in [-0.1, -0.05) is 41.8 Å². The number of piperidine rings is 2. The highest BCUT2D eigenvalue weighted by atomic mass is 35.5. The average molecular weight is 697 g/mol. The first-order chi connectivity index (χ1) is 21.5. The van der Waals surface area contributed by atoms with Gasteiger partial charge >= 0.3 is 18.3 Å². The Kier molecular flexibility index (Phi) is 11.6. The first-order valence-electron chi connectivity index (χ1n) is 15.2. The number of hydrogen-bond acceptors (Lipinski definition) is 4. The van der Waals surface area contributed by atoms with Crippen LogP contribution < -0.4 is 0 Å². The summed E-state index contributed by atoms with van der Waals surface area (Å²) in [5.41, 5.74) is -3.63. The zero-order chi connectivity index (χ0) is 33.9. The Morgan fingerprint density at radius 1 is 0.913 bits per heavy atom. The normalized spacial score (nSPS) is 18.7. The van der Waals surface area contributed by atoms with Crippen molar-refractivity contribution in [1.29, 1.82) is 0 Å². The Balaban J connectivity index is 1.46. The molecular weight excluding hydrogens is 659 g/mol. The molecule has 2 aromatic carbocycles. The van der Waals surface area contributed by atoms with Gasteiger partial charge in [-0.05, 0) is 87.1 Å². The fourth-order valence-corrected chi connectivity index (χ4v) is 6.81. The van der Waals surface area contributed by atoms with Crippen molar-refractivity contribution >= 4 is 35.1 Å². The molecular formula is C32H37Cl2F6N3O3. The third-order valence-corrected chi connectivity index (χ3v) is 9.99. The quantitative estimate of drug-likeness (QED) is 0.259. The molecule has 1 unspecified atom stereocenters. The van der Waals surface area contributed by atoms with E-state index in [2.05, 4.69) is 9.80 Å². The summed E-state index contributed by atoms with van der Waals surface area (Å²) in [5, 5.41) is 10.8. The minimum atomic E-state index is -5.08. The second-order valence-corrected chi connectivity index (χ2v) is 13.0. The third-order valence-electron chi connectivity index (χ3n) is 9.26. The Hall–Kier alpha value is -2.54. The van der Waals surface area contributed by atoms with Crippen LogP contribution in [-0.4, -0.2) is 83.5 Å². The van der Waals surface area contributed by atoms with E-state index < -0.39 is 52.9 Å². The lowest BCUT2D eigenvalue weighted by atomic mass is 9.84. The molecule has 0 aliphatic carbocycles. The molecule has 1 N–H and O–H groups in total. The van der Waals surface area contributed by atoms with E-state index in [-0.39, 0.29) is 18.5 Å². The number of carbonyl (C=O) groups excluding carboxylic acids is 1. The third kappa shape index (κ3) is 8.67. The lowest BCUT2D eigenvalue weighted by molar-refractivity contribution is -0.156. The van der Waals surface area contributed by atoms with E-state index in [0.717, 1.165) is 37.9 Å². The van der Waals surface area contributed by atoms with Crippen LogP contribution in [-0.2, 0) is 28.4 Å². The Labute approximate surface area is 274 Å². The van der Waals surface area contributed by atoms with Gasteiger partial charge in [-0.15, -0.1) is 0 Å². The van der Waals surface area contributed by atoms with Gasteiger partial charge in [-0.2, -0.15) is 26.3 Å². The monoisotopic (exact) mass is 695 g/mol. The molecule has 1 amide bonds. The van der Waals surface area contributed by atoms with E-state index in [4.69, 9.17) is 23.2 Å². The number of alkyl halides is 6. The maximum absolute atomic E-state index is 13.7. The van der Waals surface area contributed by atoms with Gasteiger partial charge in [0.1, 0.15) is 5.54 Å². The maximum atomic E-state index is 13.7. The first kappa shape index (κ1) is 36.3. The lowest BCUT2D eigenvalue weighted by Crippen LogP contribution is -2.61. The van der Waals surface area contributed by atoms with Gasteiger partial charge in [0.05, 0.1) is 27.6 Å². The minimum Gasteiger partial charge on any atom is -0.480 e. The number of nitrogens with zero attached hydrogens (tertiary/aromatic N) is 3. The average Bonchev–Trinajstić information content (AvgIpc) is 3.00. The van der Waals surface area contributed by atoms with Crippen LogP contribution in [0, 0.1) is 0 Å². The number of likely N-dealkylation sites (N-methyl/N-ethyl adjacent to an activating group) is 1. The van der Waals surface area contributed by atoms with Crippen LogP contribution in [0.3, 0.4) is 0 Å². The fraction of sp³-hybridized carbons (Fsp3) is 0.562. The summed E-state index contributed by atoms with van der Waals surface area (Å²) in [6.45, 7) is 3.34. The van der Waals surface area contributed by atoms with Crippen molar-refractivity contribution in [1.82, 2.24) is 14.7 Å². The first-order valence-corrected chi connectivity index (χ1v) is 15.9. The van der Waals surface area contributed by atoms with Crippen molar-refractivity contribution in [3.05, 3.63) is 68.7 Å². The topological polar surface area (TPSA) is 64.1 Å². The smallest absolute Gasteiger partial charge is 0.416 e. The summed E-state index contributed by atoms with van der Waals surface area (Å²) in [5.74, 6) is -1.81. The van der Waals surface area contributed by atoms with Gasteiger partial charge in [0, 0.05) is 32.6 Å². The van der Waals surface area contributed by atoms with Crippen LogP contribution >= 0.6 is 23.2 Å². The molecule has 2 saturated heterocycles. The van der Waals surface area contributed by atoms with E-state index >= 15 is 0 Å². The molecule has 4 rings (SSSR count). The van der Waals surface area contributed by atoms with Crippen LogP contribution in [0.2, 0.25) is 10.0 Å². The summed E-state index contributed by atoms with van der Waals surface area (Å²) in [6.07, 6.45) is -6.26. The SMILES string of the molecule is CN(CC(CCN1CCC(C(=O)O)(N2CCCCC2)CC1)c1ccc(Cl)c(Cl)c1)C(=O)Cc1ccc(C(F)(F)F)cc1C(F)(F)F. The van der Waals surface area contributed by atoms with Gasteiger partial charge in [0.25, 0.3) is 0 Å². The van der Waals surface area contributed by atoms with Gasteiger partial charge in [-0.3, -0.25) is 14.5 Å². The fourth-order valence-electron chi connectivity index (χ4n) is 6.50. The number of carboxylic acids is 1. The minimum absolute atomic E-state index is 0.0318. The van der Waals surface area contributed by atoms with E-state index in [9.17, 15) is 41.0 Å². The molecule has 254 valence electrons. The zero-order valence-electron chi connectivity index (χ0n) is 25.4. The Morgan fingerprint density at radius 3 is 2.13 bits per heavy atom. The summed E-state index contributed by atoms with van der Waals surface area (Å²) < 4.78 is 80.4. The van der Waals surface area contributed by atoms with E-state index in [1.54, 1.807) is 18.2 Å². The number of hydrogen-bond donors (Lipinski definition) is 1. The number of benzene rings is 2. The Bertz CT molecular complexity index is 1390. The predicted molar refractivity (Wildman–Crippen MR) is 163 cm³/mol. The van der Waals surface area contributed by atoms with Gasteiger partial charge in [0.15, 0.2) is 0 Å². The Morgan fingerprint density at radius 2 is 1.57 bits per heavy atom. The summed E-state index contributed by atoms with van der Waals surface area (Å²) in [6, 6.07) is 6.32. The number of amides is 1. The molecule has 2 aliphatic rings. The number of halogens is 8. The number of carboxylic acid groups (broad SMARTS) is 1. The standard InChI is InChI=1S/C32H37Cl2F6N3O3/c1-41(28(44)18-22-5-7-24(31(35,36)37)19-25(22)32(38,39)40)20-23(21-6-8-26(33)27(34)17-21)9-14-42-15-10-30(11-16-42,29(45)46)43-12-3-2-4-13-43/h5-8,17,19,23H,2-4,9-16,18,20H2,1H3,(H,45,46). The molecule has 2 fully saturated rings. The van der Waals surface area contributed by atoms with Crippen LogP contribution in [0.4, 0.5) is 26.3 Å². The van der Waals surface area contributed by atoms with Gasteiger partial charge < -0.3 is 14.9 Å². The number of carbonyl (C=O) groups is 2. The van der Waals surface area contributed by atoms with Crippen molar-refractivity contribution in [3.8, 4) is 0 Å². The molecule has 0 saturated carbocycles. The van der Waals surface area contributed by atoms with Gasteiger partial charge in [-0.25, -0.2) is 0 Å². The predicted octanol–water partition coefficient (Wildman–Crippen LogP) is 7.61. The number of rotatable bonds is 10. The van der Waals surface area contributed by atoms with E-state index in [1.165, 1.54) is 11.9 Å². The highest BCUT2D eigenvalue weighted by molar-refractivity contribution is 6.42. The van der Waals surface area contributed by atoms with Crippen molar-refractivity contribution in [2.45, 2.75) is 68.8 Å². The molecule has 2 heterocycles. The molecule has 0 radical (unpaired) electrons. The summed E-state index contributed by atoms with van der Waals surface area (Å²) >= 11 is 12.4. The maximum Gasteiger partial charge on any atom is 0.416 e. The van der Waals surface area contributed by atoms with Crippen LogP contribution in [0.1, 0.15) is 66.7 Å². The van der Waals surface area contributed by atoms with Crippen LogP contribution in [0.25, 0.3) is 0 Å². The summed E-state index contributed by atoms with van der Waals surface area (Å²) in [4.78, 5) is 31.1. The molecule has 0 aromatic heterocycles. The largest absolute Gasteiger partial charge is 0.480 e. The summed E-state index contributed by atoms with van der Waals surface area (Å²) in [7, 11) is 1.44. The van der Waals surface area contributed by atoms with Crippen molar-refractivity contribution in [2.75, 3.05) is 46.3 Å². The molecule has 6 nitrogen and oxygen atoms in total. The molecule has 46 heavy (non-hydrogen) atoms. The highest BCUT2D eigenvalue weighted by Crippen LogP contribution is 2.38. The number of aliphatic carboxylic acids is 1. The van der Waals surface area contributed by atoms with Crippen LogP contribution in [0.15, 0.2) is 36.4 Å². The molecule has 2 aromatic rings.